The second kappa shape index (κ2) is 8.97. The zero-order valence-electron chi connectivity index (χ0n) is 14.8. The van der Waals surface area contributed by atoms with Crippen molar-refractivity contribution in [1.82, 2.24) is 20.1 Å². The summed E-state index contributed by atoms with van der Waals surface area (Å²) in [5.41, 5.74) is 3.99. The smallest absolute Gasteiger partial charge is 0.318 e. The summed E-state index contributed by atoms with van der Waals surface area (Å²) < 4.78 is 0. The van der Waals surface area contributed by atoms with Crippen molar-refractivity contribution in [2.24, 2.45) is 0 Å². The fraction of sp³-hybridized carbons (Fsp3) is 0.474. The number of hydrogen-bond acceptors (Lipinski definition) is 4. The zero-order valence-corrected chi connectivity index (χ0v) is 15.6. The van der Waals surface area contributed by atoms with Crippen LogP contribution in [0.3, 0.4) is 0 Å². The van der Waals surface area contributed by atoms with Crippen LogP contribution in [0.4, 0.5) is 4.79 Å². The average molecular weight is 359 g/mol. The van der Waals surface area contributed by atoms with Gasteiger partial charge >= 0.3 is 6.03 Å². The molecule has 2 heterocycles. The van der Waals surface area contributed by atoms with Gasteiger partial charge in [-0.25, -0.2) is 9.78 Å². The summed E-state index contributed by atoms with van der Waals surface area (Å²) in [6.45, 7) is 7.15. The molecule has 1 aliphatic heterocycles. The van der Waals surface area contributed by atoms with Crippen LogP contribution in [0.1, 0.15) is 29.0 Å². The van der Waals surface area contributed by atoms with E-state index in [1.165, 1.54) is 12.8 Å². The Kier molecular flexibility index (Phi) is 6.42. The van der Waals surface area contributed by atoms with E-state index in [0.29, 0.717) is 19.6 Å². The Bertz CT molecular complexity index is 667. The topological polar surface area (TPSA) is 48.5 Å². The lowest BCUT2D eigenvalue weighted by molar-refractivity contribution is 0.191. The van der Waals surface area contributed by atoms with E-state index in [9.17, 15) is 4.79 Å². The molecule has 134 valence electrons. The number of nitrogens with one attached hydrogen (secondary N) is 1. The second-order valence-corrected chi connectivity index (χ2v) is 7.42. The van der Waals surface area contributed by atoms with Crippen molar-refractivity contribution in [2.75, 3.05) is 26.2 Å². The Morgan fingerprint density at radius 3 is 2.68 bits per heavy atom. The summed E-state index contributed by atoms with van der Waals surface area (Å²) in [6.07, 6.45) is 2.55. The predicted octanol–water partition coefficient (Wildman–Crippen LogP) is 3.26. The lowest BCUT2D eigenvalue weighted by Gasteiger charge is -2.24. The molecule has 0 saturated carbocycles. The van der Waals surface area contributed by atoms with E-state index in [1.54, 1.807) is 11.3 Å². The molecule has 0 spiro atoms. The fourth-order valence-corrected chi connectivity index (χ4v) is 3.89. The monoisotopic (exact) mass is 358 g/mol. The van der Waals surface area contributed by atoms with Crippen molar-refractivity contribution in [1.29, 1.82) is 0 Å². The molecule has 5 nitrogen and oxygen atoms in total. The number of likely N-dealkylation sites (tertiary alicyclic amines) is 1. The van der Waals surface area contributed by atoms with Gasteiger partial charge in [-0.05, 0) is 38.4 Å². The molecule has 0 aliphatic carbocycles. The van der Waals surface area contributed by atoms with Crippen molar-refractivity contribution < 1.29 is 4.79 Å². The molecule has 1 saturated heterocycles. The lowest BCUT2D eigenvalue weighted by Crippen LogP contribution is -2.42. The summed E-state index contributed by atoms with van der Waals surface area (Å²) >= 11 is 1.61. The molecule has 1 aliphatic rings. The number of urea groups is 1. The highest BCUT2D eigenvalue weighted by Crippen LogP contribution is 2.17. The van der Waals surface area contributed by atoms with E-state index in [2.05, 4.69) is 27.3 Å². The molecule has 1 aromatic carbocycles. The van der Waals surface area contributed by atoms with Crippen molar-refractivity contribution in [3.8, 4) is 0 Å². The fourth-order valence-electron chi connectivity index (χ4n) is 3.09. The van der Waals surface area contributed by atoms with E-state index in [0.717, 1.165) is 35.8 Å². The SMILES string of the molecule is Cc1ncsc1CN(Cc1ccccc1)C(=O)NCCN1CCCC1. The van der Waals surface area contributed by atoms with Crippen LogP contribution < -0.4 is 5.32 Å². The molecule has 0 radical (unpaired) electrons. The molecular formula is C19H26N4OS. The molecule has 2 amide bonds. The number of carbonyl (C=O) groups is 1. The minimum Gasteiger partial charge on any atom is -0.337 e. The third-order valence-corrected chi connectivity index (χ3v) is 5.51. The van der Waals surface area contributed by atoms with Gasteiger partial charge in [0.25, 0.3) is 0 Å². The summed E-state index contributed by atoms with van der Waals surface area (Å²) in [4.78, 5) is 22.5. The Hall–Kier alpha value is -1.92. The Labute approximate surface area is 153 Å². The van der Waals surface area contributed by atoms with E-state index in [-0.39, 0.29) is 6.03 Å². The number of thiazole rings is 1. The molecule has 25 heavy (non-hydrogen) atoms. The number of hydrogen-bond donors (Lipinski definition) is 1. The van der Waals surface area contributed by atoms with Gasteiger partial charge in [-0.1, -0.05) is 30.3 Å². The molecule has 1 fully saturated rings. The predicted molar refractivity (Wildman–Crippen MR) is 102 cm³/mol. The Morgan fingerprint density at radius 1 is 1.24 bits per heavy atom. The first-order valence-electron chi connectivity index (χ1n) is 8.90. The van der Waals surface area contributed by atoms with Gasteiger partial charge in [-0.2, -0.15) is 0 Å². The number of aromatic nitrogens is 1. The number of carbonyl (C=O) groups excluding carboxylic acids is 1. The maximum absolute atomic E-state index is 12.7. The van der Waals surface area contributed by atoms with E-state index in [4.69, 9.17) is 0 Å². The van der Waals surface area contributed by atoms with E-state index >= 15 is 0 Å². The summed E-state index contributed by atoms with van der Waals surface area (Å²) in [7, 11) is 0. The zero-order chi connectivity index (χ0) is 17.5. The maximum Gasteiger partial charge on any atom is 0.318 e. The second-order valence-electron chi connectivity index (χ2n) is 6.48. The van der Waals surface area contributed by atoms with Gasteiger partial charge in [0, 0.05) is 24.5 Å². The van der Waals surface area contributed by atoms with Crippen LogP contribution in [0.15, 0.2) is 35.8 Å². The molecule has 0 atom stereocenters. The summed E-state index contributed by atoms with van der Waals surface area (Å²) in [6, 6.07) is 10.1. The third-order valence-electron chi connectivity index (χ3n) is 4.59. The van der Waals surface area contributed by atoms with Crippen molar-refractivity contribution in [3.05, 3.63) is 52.0 Å². The van der Waals surface area contributed by atoms with Gasteiger partial charge < -0.3 is 15.1 Å². The van der Waals surface area contributed by atoms with Crippen LogP contribution in [0.5, 0.6) is 0 Å². The van der Waals surface area contributed by atoms with Crippen LogP contribution in [0.25, 0.3) is 0 Å². The number of amides is 2. The maximum atomic E-state index is 12.7. The van der Waals surface area contributed by atoms with Gasteiger partial charge in [0.2, 0.25) is 0 Å². The highest BCUT2D eigenvalue weighted by Gasteiger charge is 2.17. The average Bonchev–Trinajstić information content (AvgIpc) is 3.27. The van der Waals surface area contributed by atoms with Gasteiger partial charge in [-0.3, -0.25) is 0 Å². The van der Waals surface area contributed by atoms with Crippen LogP contribution in [0, 0.1) is 6.92 Å². The molecule has 0 unspecified atom stereocenters. The normalized spacial score (nSPS) is 14.6. The first-order chi connectivity index (χ1) is 12.2. The van der Waals surface area contributed by atoms with Crippen LogP contribution in [0.2, 0.25) is 0 Å². The molecule has 1 N–H and O–H groups in total. The first-order valence-corrected chi connectivity index (χ1v) is 9.78. The quantitative estimate of drug-likeness (QED) is 0.826. The van der Waals surface area contributed by atoms with Crippen molar-refractivity contribution in [3.63, 3.8) is 0 Å². The lowest BCUT2D eigenvalue weighted by atomic mass is 10.2. The largest absolute Gasteiger partial charge is 0.337 e. The summed E-state index contributed by atoms with van der Waals surface area (Å²) in [5.74, 6) is 0. The van der Waals surface area contributed by atoms with Crippen LogP contribution in [-0.2, 0) is 13.1 Å². The van der Waals surface area contributed by atoms with Crippen molar-refractivity contribution in [2.45, 2.75) is 32.9 Å². The Morgan fingerprint density at radius 2 is 2.00 bits per heavy atom. The molecule has 1 aromatic heterocycles. The van der Waals surface area contributed by atoms with Gasteiger partial charge in [0.05, 0.1) is 17.7 Å². The van der Waals surface area contributed by atoms with Crippen LogP contribution in [-0.4, -0.2) is 47.0 Å². The van der Waals surface area contributed by atoms with Gasteiger partial charge in [0.15, 0.2) is 0 Å². The molecular weight excluding hydrogens is 332 g/mol. The molecule has 0 bridgehead atoms. The first kappa shape index (κ1) is 17.9. The van der Waals surface area contributed by atoms with Gasteiger partial charge in [-0.15, -0.1) is 11.3 Å². The number of rotatable bonds is 7. The van der Waals surface area contributed by atoms with Crippen LogP contribution >= 0.6 is 11.3 Å². The standard InChI is InChI=1S/C19H26N4OS/c1-16-18(25-15-21-16)14-23(13-17-7-3-2-4-8-17)19(24)20-9-12-22-10-5-6-11-22/h2-4,7-8,15H,5-6,9-14H2,1H3,(H,20,24). The number of nitrogens with zero attached hydrogens (tertiary/aromatic N) is 3. The minimum absolute atomic E-state index is 0.00384. The highest BCUT2D eigenvalue weighted by molar-refractivity contribution is 7.09. The molecule has 6 heteroatoms. The third kappa shape index (κ3) is 5.28. The number of aryl methyl sites for hydroxylation is 1. The van der Waals surface area contributed by atoms with E-state index < -0.39 is 0 Å². The Balaban J connectivity index is 1.60. The highest BCUT2D eigenvalue weighted by atomic mass is 32.1. The summed E-state index contributed by atoms with van der Waals surface area (Å²) in [5, 5.41) is 3.09. The molecule has 3 rings (SSSR count). The van der Waals surface area contributed by atoms with Gasteiger partial charge in [0.1, 0.15) is 0 Å². The van der Waals surface area contributed by atoms with Crippen molar-refractivity contribution >= 4 is 17.4 Å². The molecule has 2 aromatic rings. The minimum atomic E-state index is -0.00384. The number of benzene rings is 1. The van der Waals surface area contributed by atoms with E-state index in [1.807, 2.05) is 35.5 Å².